The van der Waals surface area contributed by atoms with Crippen LogP contribution in [0.1, 0.15) is 17.0 Å². The molecule has 3 aliphatic rings. The Morgan fingerprint density at radius 3 is 2.02 bits per heavy atom. The van der Waals surface area contributed by atoms with Gasteiger partial charge in [-0.2, -0.15) is 0 Å². The minimum Gasteiger partial charge on any atom is -0.354 e. The smallest absolute Gasteiger partial charge is 0.0635 e. The molecule has 10 rings (SSSR count). The van der Waals surface area contributed by atoms with Gasteiger partial charge in [0.1, 0.15) is 0 Å². The van der Waals surface area contributed by atoms with Gasteiger partial charge < -0.3 is 15.1 Å². The van der Waals surface area contributed by atoms with E-state index in [2.05, 4.69) is 197 Å². The summed E-state index contributed by atoms with van der Waals surface area (Å²) in [5.41, 5.74) is 14.6. The molecule has 0 fully saturated rings. The van der Waals surface area contributed by atoms with Crippen molar-refractivity contribution < 1.29 is 0 Å². The number of nitrogens with one attached hydrogen (secondary N) is 1. The molecule has 2 heterocycles. The van der Waals surface area contributed by atoms with Crippen LogP contribution in [0, 0.1) is 0 Å². The maximum absolute atomic E-state index is 3.70. The lowest BCUT2D eigenvalue weighted by molar-refractivity contribution is 0.747. The van der Waals surface area contributed by atoms with Gasteiger partial charge >= 0.3 is 0 Å². The highest BCUT2D eigenvalue weighted by molar-refractivity contribution is 6.11. The fourth-order valence-corrected chi connectivity index (χ4v) is 8.07. The molecule has 0 saturated carbocycles. The lowest BCUT2D eigenvalue weighted by Gasteiger charge is -2.31. The van der Waals surface area contributed by atoms with Crippen LogP contribution in [0.5, 0.6) is 0 Å². The Bertz CT molecular complexity index is 2380. The van der Waals surface area contributed by atoms with Crippen molar-refractivity contribution in [3.63, 3.8) is 0 Å². The second-order valence-electron chi connectivity index (χ2n) is 13.0. The minimum absolute atomic E-state index is 0.146. The zero-order chi connectivity index (χ0) is 32.3. The quantitative estimate of drug-likeness (QED) is 0.205. The first kappa shape index (κ1) is 27.8. The monoisotopic (exact) mass is 627 g/mol. The lowest BCUT2D eigenvalue weighted by Crippen LogP contribution is -2.29. The first-order chi connectivity index (χ1) is 24.3. The summed E-state index contributed by atoms with van der Waals surface area (Å²) in [5, 5.41) is 6.25. The summed E-state index contributed by atoms with van der Waals surface area (Å²) in [6, 6.07) is 59.3. The van der Waals surface area contributed by atoms with Crippen LogP contribution in [0.15, 0.2) is 182 Å². The lowest BCUT2D eigenvalue weighted by atomic mass is 9.85. The van der Waals surface area contributed by atoms with Gasteiger partial charge in [0.2, 0.25) is 0 Å². The molecule has 0 amide bonds. The Morgan fingerprint density at radius 2 is 1.27 bits per heavy atom. The Hall–Kier alpha value is -6.32. The molecule has 2 atom stereocenters. The average Bonchev–Trinajstić information content (AvgIpc) is 3.49. The third-order valence-electron chi connectivity index (χ3n) is 10.3. The maximum atomic E-state index is 3.70. The Labute approximate surface area is 286 Å². The van der Waals surface area contributed by atoms with Gasteiger partial charge in [-0.05, 0) is 94.4 Å². The van der Waals surface area contributed by atoms with Crippen molar-refractivity contribution in [1.29, 1.82) is 0 Å². The van der Waals surface area contributed by atoms with Crippen LogP contribution in [0.3, 0.4) is 0 Å². The molecule has 232 valence electrons. The van der Waals surface area contributed by atoms with E-state index < -0.39 is 0 Å². The SMILES string of the molecule is C1=CC2c3ccc(N(c4ccccc4)c4ccccc4)cc3N(c3ccccc3)C2C=C1c1ccc2c(c1)-c1cccc3cccc(c13)N2. The number of hydrogen-bond acceptors (Lipinski definition) is 3. The predicted molar refractivity (Wildman–Crippen MR) is 206 cm³/mol. The summed E-state index contributed by atoms with van der Waals surface area (Å²) in [4.78, 5) is 4.89. The molecule has 2 unspecified atom stereocenters. The number of fused-ring (bicyclic) bond motifs is 5. The molecule has 1 N–H and O–H groups in total. The van der Waals surface area contributed by atoms with E-state index in [1.807, 2.05) is 0 Å². The van der Waals surface area contributed by atoms with Crippen LogP contribution < -0.4 is 15.1 Å². The van der Waals surface area contributed by atoms with Crippen molar-refractivity contribution in [3.8, 4) is 11.1 Å². The molecule has 0 aromatic heterocycles. The van der Waals surface area contributed by atoms with Gasteiger partial charge in [0.15, 0.2) is 0 Å². The fourth-order valence-electron chi connectivity index (χ4n) is 8.07. The van der Waals surface area contributed by atoms with Crippen molar-refractivity contribution in [2.45, 2.75) is 12.0 Å². The van der Waals surface area contributed by atoms with Crippen molar-refractivity contribution in [1.82, 2.24) is 0 Å². The number of allylic oxidation sites excluding steroid dienone is 2. The highest BCUT2D eigenvalue weighted by Gasteiger charge is 2.39. The summed E-state index contributed by atoms with van der Waals surface area (Å²) >= 11 is 0. The third kappa shape index (κ3) is 4.51. The van der Waals surface area contributed by atoms with E-state index in [0.717, 1.165) is 22.7 Å². The summed E-state index contributed by atoms with van der Waals surface area (Å²) in [7, 11) is 0. The van der Waals surface area contributed by atoms with Crippen molar-refractivity contribution in [3.05, 3.63) is 193 Å². The molecule has 49 heavy (non-hydrogen) atoms. The first-order valence-corrected chi connectivity index (χ1v) is 17.0. The van der Waals surface area contributed by atoms with Gasteiger partial charge in [0, 0.05) is 56.7 Å². The largest absolute Gasteiger partial charge is 0.354 e. The molecule has 0 saturated heterocycles. The predicted octanol–water partition coefficient (Wildman–Crippen LogP) is 12.3. The van der Waals surface area contributed by atoms with E-state index in [0.29, 0.717) is 0 Å². The standard InChI is InChI=1S/C46H33N3/c1-4-14-34(15-5-1)48(35-16-6-2-7-17-35)37-24-26-39-38-25-22-33(29-44(38)49(45(39)30-37)36-18-8-3-9-19-36)32-23-27-42-41(28-32)40-20-10-12-31-13-11-21-43(47-42)46(31)40/h1-30,38,44,47H. The van der Waals surface area contributed by atoms with Gasteiger partial charge in [-0.1, -0.05) is 115 Å². The van der Waals surface area contributed by atoms with E-state index in [4.69, 9.17) is 0 Å². The number of benzene rings is 7. The highest BCUT2D eigenvalue weighted by Crippen LogP contribution is 2.52. The number of hydrogen-bond donors (Lipinski definition) is 1. The van der Waals surface area contributed by atoms with Crippen molar-refractivity contribution in [2.24, 2.45) is 0 Å². The average molecular weight is 628 g/mol. The van der Waals surface area contributed by atoms with Crippen molar-refractivity contribution >= 4 is 56.2 Å². The molecule has 0 spiro atoms. The molecule has 0 bridgehead atoms. The van der Waals surface area contributed by atoms with Crippen LogP contribution in [-0.4, -0.2) is 6.04 Å². The minimum atomic E-state index is 0.146. The first-order valence-electron chi connectivity index (χ1n) is 17.0. The van der Waals surface area contributed by atoms with Crippen LogP contribution in [0.4, 0.5) is 39.8 Å². The number of rotatable bonds is 5. The van der Waals surface area contributed by atoms with E-state index in [9.17, 15) is 0 Å². The molecule has 0 radical (unpaired) electrons. The summed E-state index contributed by atoms with van der Waals surface area (Å²) in [6.45, 7) is 0. The second-order valence-corrected chi connectivity index (χ2v) is 13.0. The highest BCUT2D eigenvalue weighted by atomic mass is 15.2. The van der Waals surface area contributed by atoms with Gasteiger partial charge in [0.05, 0.1) is 6.04 Å². The molecule has 3 nitrogen and oxygen atoms in total. The number of nitrogens with zero attached hydrogens (tertiary/aromatic N) is 2. The maximum Gasteiger partial charge on any atom is 0.0635 e. The van der Waals surface area contributed by atoms with Crippen LogP contribution in [0.2, 0.25) is 0 Å². The summed E-state index contributed by atoms with van der Waals surface area (Å²) in [5.74, 6) is 0.245. The Morgan fingerprint density at radius 1 is 0.551 bits per heavy atom. The van der Waals surface area contributed by atoms with Gasteiger partial charge in [-0.15, -0.1) is 0 Å². The third-order valence-corrected chi connectivity index (χ3v) is 10.3. The summed E-state index contributed by atoms with van der Waals surface area (Å²) < 4.78 is 0. The second kappa shape index (κ2) is 11.1. The van der Waals surface area contributed by atoms with E-state index in [-0.39, 0.29) is 12.0 Å². The molecule has 7 aromatic carbocycles. The zero-order valence-electron chi connectivity index (χ0n) is 26.9. The molecular formula is C46H33N3. The number of para-hydroxylation sites is 3. The van der Waals surface area contributed by atoms with Gasteiger partial charge in [-0.3, -0.25) is 0 Å². The zero-order valence-corrected chi connectivity index (χ0v) is 26.9. The van der Waals surface area contributed by atoms with Crippen LogP contribution in [0.25, 0.3) is 27.5 Å². The molecule has 2 aliphatic heterocycles. The van der Waals surface area contributed by atoms with Crippen LogP contribution >= 0.6 is 0 Å². The van der Waals surface area contributed by atoms with E-state index in [1.54, 1.807) is 0 Å². The Balaban J connectivity index is 1.08. The summed E-state index contributed by atoms with van der Waals surface area (Å²) in [6.07, 6.45) is 7.23. The molecule has 1 aliphatic carbocycles. The van der Waals surface area contributed by atoms with Gasteiger partial charge in [-0.25, -0.2) is 0 Å². The molecule has 3 heteroatoms. The topological polar surface area (TPSA) is 18.5 Å². The van der Waals surface area contributed by atoms with E-state index >= 15 is 0 Å². The van der Waals surface area contributed by atoms with E-state index in [1.165, 1.54) is 55.7 Å². The number of anilines is 7. The molecule has 7 aromatic rings. The molecular weight excluding hydrogens is 595 g/mol. The normalized spacial score (nSPS) is 16.7. The van der Waals surface area contributed by atoms with Crippen molar-refractivity contribution in [2.75, 3.05) is 15.1 Å². The van der Waals surface area contributed by atoms with Crippen LogP contribution in [-0.2, 0) is 0 Å². The Kier molecular flexibility index (Phi) is 6.31. The fraction of sp³-hybridized carbons (Fsp3) is 0.0435. The van der Waals surface area contributed by atoms with Gasteiger partial charge in [0.25, 0.3) is 0 Å².